The molecule has 1 aromatic rings. The highest BCUT2D eigenvalue weighted by atomic mass is 32.2. The van der Waals surface area contributed by atoms with E-state index in [0.29, 0.717) is 17.0 Å². The van der Waals surface area contributed by atoms with Crippen LogP contribution in [-0.4, -0.2) is 39.1 Å². The van der Waals surface area contributed by atoms with Gasteiger partial charge in [-0.05, 0) is 26.7 Å². The van der Waals surface area contributed by atoms with E-state index in [1.54, 1.807) is 6.07 Å². The van der Waals surface area contributed by atoms with Gasteiger partial charge in [-0.2, -0.15) is 0 Å². The molecule has 116 valence electrons. The van der Waals surface area contributed by atoms with Crippen molar-refractivity contribution in [3.8, 4) is 0 Å². The van der Waals surface area contributed by atoms with Gasteiger partial charge in [0.1, 0.15) is 5.82 Å². The molecule has 2 N–H and O–H groups in total. The van der Waals surface area contributed by atoms with E-state index in [0.717, 1.165) is 18.5 Å². The van der Waals surface area contributed by atoms with Gasteiger partial charge in [0.15, 0.2) is 5.16 Å². The van der Waals surface area contributed by atoms with Gasteiger partial charge in [-0.15, -0.1) is 0 Å². The number of thioether (sulfide) groups is 1. The van der Waals surface area contributed by atoms with Gasteiger partial charge in [0.2, 0.25) is 5.91 Å². The molecule has 0 saturated heterocycles. The Morgan fingerprint density at radius 3 is 2.67 bits per heavy atom. The molecule has 1 unspecified atom stereocenters. The minimum absolute atomic E-state index is 0.149. The van der Waals surface area contributed by atoms with Gasteiger partial charge in [-0.25, -0.2) is 9.97 Å². The second kappa shape index (κ2) is 7.11. The van der Waals surface area contributed by atoms with Crippen LogP contribution in [0.5, 0.6) is 0 Å². The van der Waals surface area contributed by atoms with Crippen molar-refractivity contribution in [3.63, 3.8) is 0 Å². The molecule has 1 heterocycles. The van der Waals surface area contributed by atoms with Crippen molar-refractivity contribution in [2.75, 3.05) is 12.8 Å². The van der Waals surface area contributed by atoms with Crippen LogP contribution in [0.1, 0.15) is 44.7 Å². The van der Waals surface area contributed by atoms with E-state index in [1.165, 1.54) is 31.0 Å². The maximum absolute atomic E-state index is 12.5. The van der Waals surface area contributed by atoms with E-state index < -0.39 is 0 Å². The molecule has 1 atom stereocenters. The van der Waals surface area contributed by atoms with Crippen LogP contribution >= 0.6 is 11.8 Å². The molecule has 6 heteroatoms. The van der Waals surface area contributed by atoms with Gasteiger partial charge < -0.3 is 10.6 Å². The van der Waals surface area contributed by atoms with Gasteiger partial charge in [0, 0.05) is 24.8 Å². The summed E-state index contributed by atoms with van der Waals surface area (Å²) in [5.41, 5.74) is 6.55. The zero-order valence-corrected chi connectivity index (χ0v) is 13.8. The van der Waals surface area contributed by atoms with Crippen molar-refractivity contribution < 1.29 is 4.79 Å². The largest absolute Gasteiger partial charge is 0.384 e. The Bertz CT molecular complexity index is 482. The van der Waals surface area contributed by atoms with Crippen LogP contribution in [0, 0.1) is 6.92 Å². The molecule has 0 spiro atoms. The van der Waals surface area contributed by atoms with Crippen LogP contribution < -0.4 is 5.73 Å². The summed E-state index contributed by atoms with van der Waals surface area (Å²) in [4.78, 5) is 23.0. The molecule has 1 fully saturated rings. The van der Waals surface area contributed by atoms with E-state index in [1.807, 2.05) is 25.8 Å². The van der Waals surface area contributed by atoms with E-state index >= 15 is 0 Å². The number of rotatable bonds is 4. The monoisotopic (exact) mass is 308 g/mol. The second-order valence-corrected chi connectivity index (χ2v) is 7.03. The van der Waals surface area contributed by atoms with E-state index in [4.69, 9.17) is 5.73 Å². The van der Waals surface area contributed by atoms with E-state index in [9.17, 15) is 4.79 Å². The molecular weight excluding hydrogens is 284 g/mol. The van der Waals surface area contributed by atoms with Crippen molar-refractivity contribution in [2.45, 2.75) is 62.4 Å². The summed E-state index contributed by atoms with van der Waals surface area (Å²) >= 11 is 1.38. The summed E-state index contributed by atoms with van der Waals surface area (Å²) < 4.78 is 0. The van der Waals surface area contributed by atoms with Crippen LogP contribution in [0.3, 0.4) is 0 Å². The predicted molar refractivity (Wildman–Crippen MR) is 86.1 cm³/mol. The zero-order valence-electron chi connectivity index (χ0n) is 13.0. The number of nitrogens with two attached hydrogens (primary N) is 1. The van der Waals surface area contributed by atoms with Gasteiger partial charge in [0.25, 0.3) is 0 Å². The van der Waals surface area contributed by atoms with Crippen LogP contribution in [0.15, 0.2) is 11.2 Å². The number of hydrogen-bond acceptors (Lipinski definition) is 5. The van der Waals surface area contributed by atoms with Crippen molar-refractivity contribution in [2.24, 2.45) is 0 Å². The molecular formula is C15H24N4OS. The van der Waals surface area contributed by atoms with E-state index in [-0.39, 0.29) is 11.2 Å². The van der Waals surface area contributed by atoms with E-state index in [2.05, 4.69) is 9.97 Å². The zero-order chi connectivity index (χ0) is 15.4. The molecule has 1 aliphatic carbocycles. The molecule has 0 aromatic carbocycles. The molecule has 1 saturated carbocycles. The fourth-order valence-electron chi connectivity index (χ4n) is 2.76. The maximum atomic E-state index is 12.5. The third kappa shape index (κ3) is 4.33. The highest BCUT2D eigenvalue weighted by Crippen LogP contribution is 2.26. The number of anilines is 1. The minimum Gasteiger partial charge on any atom is -0.384 e. The molecule has 1 amide bonds. The smallest absolute Gasteiger partial charge is 0.235 e. The van der Waals surface area contributed by atoms with Crippen molar-refractivity contribution in [1.82, 2.24) is 14.9 Å². The van der Waals surface area contributed by atoms with Gasteiger partial charge >= 0.3 is 0 Å². The van der Waals surface area contributed by atoms with Gasteiger partial charge in [-0.3, -0.25) is 4.79 Å². The number of carbonyl (C=O) groups is 1. The van der Waals surface area contributed by atoms with Crippen molar-refractivity contribution in [3.05, 3.63) is 11.8 Å². The average Bonchev–Trinajstić information content (AvgIpc) is 2.45. The average molecular weight is 308 g/mol. The number of hydrogen-bond donors (Lipinski definition) is 1. The highest BCUT2D eigenvalue weighted by Gasteiger charge is 2.26. The summed E-state index contributed by atoms with van der Waals surface area (Å²) in [6.45, 7) is 3.79. The Morgan fingerprint density at radius 2 is 2.05 bits per heavy atom. The molecule has 5 nitrogen and oxygen atoms in total. The van der Waals surface area contributed by atoms with Gasteiger partial charge in [-0.1, -0.05) is 31.0 Å². The first-order valence-electron chi connectivity index (χ1n) is 7.52. The summed E-state index contributed by atoms with van der Waals surface area (Å²) in [5.74, 6) is 0.598. The molecule has 21 heavy (non-hydrogen) atoms. The number of nitrogen functional groups attached to an aromatic ring is 1. The minimum atomic E-state index is -0.196. The summed E-state index contributed by atoms with van der Waals surface area (Å²) in [6.07, 6.45) is 5.98. The predicted octanol–water partition coefficient (Wildman–Crippen LogP) is 2.64. The summed E-state index contributed by atoms with van der Waals surface area (Å²) in [7, 11) is 1.92. The number of nitrogens with zero attached hydrogens (tertiary/aromatic N) is 3. The normalized spacial score (nSPS) is 17.5. The number of aryl methyl sites for hydroxylation is 1. The molecule has 1 aliphatic rings. The third-order valence-corrected chi connectivity index (χ3v) is 4.90. The maximum Gasteiger partial charge on any atom is 0.235 e. The Morgan fingerprint density at radius 1 is 1.38 bits per heavy atom. The fourth-order valence-corrected chi connectivity index (χ4v) is 3.70. The highest BCUT2D eigenvalue weighted by molar-refractivity contribution is 8.00. The quantitative estimate of drug-likeness (QED) is 0.684. The number of carbonyl (C=O) groups excluding carboxylic acids is 1. The van der Waals surface area contributed by atoms with Crippen LogP contribution in [0.4, 0.5) is 5.82 Å². The van der Waals surface area contributed by atoms with Crippen LogP contribution in [0.25, 0.3) is 0 Å². The lowest BCUT2D eigenvalue weighted by atomic mass is 9.94. The van der Waals surface area contributed by atoms with Crippen LogP contribution in [0.2, 0.25) is 0 Å². The lowest BCUT2D eigenvalue weighted by molar-refractivity contribution is -0.131. The standard InChI is InChI=1S/C15H24N4OS/c1-10-9-13(16)18-15(17-10)21-11(2)14(20)19(3)12-7-5-4-6-8-12/h9,11-12H,4-8H2,1-3H3,(H2,16,17,18). The Balaban J connectivity index is 1.98. The summed E-state index contributed by atoms with van der Waals surface area (Å²) in [5, 5.41) is 0.378. The molecule has 0 aliphatic heterocycles. The summed E-state index contributed by atoms with van der Waals surface area (Å²) in [6, 6.07) is 2.11. The molecule has 1 aromatic heterocycles. The van der Waals surface area contributed by atoms with Crippen LogP contribution in [-0.2, 0) is 4.79 Å². The first-order chi connectivity index (χ1) is 9.97. The second-order valence-electron chi connectivity index (χ2n) is 5.72. The Kier molecular flexibility index (Phi) is 5.45. The topological polar surface area (TPSA) is 72.1 Å². The number of amides is 1. The van der Waals surface area contributed by atoms with Gasteiger partial charge in [0.05, 0.1) is 5.25 Å². The molecule has 0 bridgehead atoms. The fraction of sp³-hybridized carbons (Fsp3) is 0.667. The van der Waals surface area contributed by atoms with Crippen molar-refractivity contribution >= 4 is 23.5 Å². The molecule has 2 rings (SSSR count). The first-order valence-corrected chi connectivity index (χ1v) is 8.40. The lowest BCUT2D eigenvalue weighted by Crippen LogP contribution is -2.42. The SMILES string of the molecule is Cc1cc(N)nc(SC(C)C(=O)N(C)C2CCCCC2)n1. The molecule has 0 radical (unpaired) electrons. The first kappa shape index (κ1) is 16.1. The van der Waals surface area contributed by atoms with Crippen molar-refractivity contribution in [1.29, 1.82) is 0 Å². The third-order valence-electron chi connectivity index (χ3n) is 3.95. The Hall–Kier alpha value is -1.30. The lowest BCUT2D eigenvalue weighted by Gasteiger charge is -2.32. The number of aromatic nitrogens is 2. The Labute approximate surface area is 130 Å².